The molecule has 0 aliphatic carbocycles. The molecule has 0 aliphatic rings. The van der Waals surface area contributed by atoms with Gasteiger partial charge in [0, 0.05) is 7.05 Å². The zero-order valence-corrected chi connectivity index (χ0v) is 13.6. The van der Waals surface area contributed by atoms with Gasteiger partial charge < -0.3 is 19.4 Å². The topological polar surface area (TPSA) is 76.1 Å². The lowest BCUT2D eigenvalue weighted by molar-refractivity contribution is -0.112. The molecule has 0 saturated heterocycles. The van der Waals surface area contributed by atoms with Crippen molar-refractivity contribution in [2.75, 3.05) is 13.7 Å². The molecule has 0 bridgehead atoms. The van der Waals surface area contributed by atoms with Crippen LogP contribution >= 0.6 is 0 Å². The molecule has 0 heterocycles. The third-order valence-electron chi connectivity index (χ3n) is 2.85. The summed E-state index contributed by atoms with van der Waals surface area (Å²) in [7, 11) is 1.49. The number of rotatable bonds is 5. The summed E-state index contributed by atoms with van der Waals surface area (Å²) < 4.78 is 10.5. The van der Waals surface area contributed by atoms with E-state index in [9.17, 15) is 14.7 Å². The number of phenolic OH excluding ortho intramolecular Hbond substituents is 1. The van der Waals surface area contributed by atoms with E-state index in [1.165, 1.54) is 18.0 Å². The molecule has 0 aromatic heterocycles. The Balaban J connectivity index is 3.02. The molecule has 1 aromatic rings. The van der Waals surface area contributed by atoms with Crippen LogP contribution in [0, 0.1) is 0 Å². The summed E-state index contributed by atoms with van der Waals surface area (Å²) in [5, 5.41) is 9.70. The number of ether oxygens (including phenoxy) is 2. The number of hydrogen-bond donors (Lipinski definition) is 1. The van der Waals surface area contributed by atoms with Crippen molar-refractivity contribution in [1.29, 1.82) is 0 Å². The standard InChI is InChI=1S/C16H23NO5/c1-6-21-14-9-11(7-8-13(14)19)12(10-18)17(5)15(20)22-16(2,3)4/h7-10,12,19H,6H2,1-5H3. The van der Waals surface area contributed by atoms with Gasteiger partial charge in [-0.3, -0.25) is 4.90 Å². The molecule has 6 heteroatoms. The van der Waals surface area contributed by atoms with Crippen LogP contribution in [0.15, 0.2) is 18.2 Å². The number of aldehydes is 1. The number of likely N-dealkylation sites (N-methyl/N-ethyl adjacent to an activating group) is 1. The molecule has 122 valence electrons. The van der Waals surface area contributed by atoms with Gasteiger partial charge in [0.25, 0.3) is 0 Å². The fourth-order valence-corrected chi connectivity index (χ4v) is 1.83. The van der Waals surface area contributed by atoms with Gasteiger partial charge in [0.2, 0.25) is 0 Å². The van der Waals surface area contributed by atoms with Gasteiger partial charge in [-0.25, -0.2) is 4.79 Å². The molecule has 0 saturated carbocycles. The number of amides is 1. The zero-order chi connectivity index (χ0) is 16.9. The van der Waals surface area contributed by atoms with Crippen LogP contribution < -0.4 is 4.74 Å². The second-order valence-electron chi connectivity index (χ2n) is 5.83. The SMILES string of the molecule is CCOc1cc(C(C=O)N(C)C(=O)OC(C)(C)C)ccc1O. The van der Waals surface area contributed by atoms with Crippen molar-refractivity contribution in [3.05, 3.63) is 23.8 Å². The van der Waals surface area contributed by atoms with Crippen molar-refractivity contribution in [2.45, 2.75) is 39.3 Å². The first kappa shape index (κ1) is 17.8. The Labute approximate surface area is 130 Å². The quantitative estimate of drug-likeness (QED) is 0.846. The Bertz CT molecular complexity index is 536. The Morgan fingerprint density at radius 1 is 1.41 bits per heavy atom. The zero-order valence-electron chi connectivity index (χ0n) is 13.6. The van der Waals surface area contributed by atoms with E-state index in [-0.39, 0.29) is 11.5 Å². The highest BCUT2D eigenvalue weighted by molar-refractivity contribution is 5.75. The number of benzene rings is 1. The van der Waals surface area contributed by atoms with Crippen molar-refractivity contribution in [3.63, 3.8) is 0 Å². The molecule has 22 heavy (non-hydrogen) atoms. The molecule has 0 spiro atoms. The lowest BCUT2D eigenvalue weighted by Gasteiger charge is -2.28. The predicted molar refractivity (Wildman–Crippen MR) is 82.1 cm³/mol. The van der Waals surface area contributed by atoms with E-state index < -0.39 is 17.7 Å². The van der Waals surface area contributed by atoms with E-state index in [2.05, 4.69) is 0 Å². The maximum Gasteiger partial charge on any atom is 0.410 e. The highest BCUT2D eigenvalue weighted by Crippen LogP contribution is 2.30. The molecule has 0 fully saturated rings. The van der Waals surface area contributed by atoms with Gasteiger partial charge in [0.05, 0.1) is 6.61 Å². The second-order valence-corrected chi connectivity index (χ2v) is 5.83. The van der Waals surface area contributed by atoms with E-state index in [4.69, 9.17) is 9.47 Å². The summed E-state index contributed by atoms with van der Waals surface area (Å²) in [5.74, 6) is 0.250. The van der Waals surface area contributed by atoms with E-state index in [1.807, 2.05) is 0 Å². The fraction of sp³-hybridized carbons (Fsp3) is 0.500. The van der Waals surface area contributed by atoms with Crippen molar-refractivity contribution < 1.29 is 24.2 Å². The van der Waals surface area contributed by atoms with Gasteiger partial charge in [0.15, 0.2) is 11.5 Å². The number of carbonyl (C=O) groups excluding carboxylic acids is 2. The molecular weight excluding hydrogens is 286 g/mol. The average Bonchev–Trinajstić information content (AvgIpc) is 2.41. The van der Waals surface area contributed by atoms with Crippen LogP contribution in [0.2, 0.25) is 0 Å². The molecule has 1 unspecified atom stereocenters. The number of aromatic hydroxyl groups is 1. The number of carbonyl (C=O) groups is 2. The lowest BCUT2D eigenvalue weighted by atomic mass is 10.1. The van der Waals surface area contributed by atoms with Crippen molar-refractivity contribution in [3.8, 4) is 11.5 Å². The van der Waals surface area contributed by atoms with Crippen molar-refractivity contribution >= 4 is 12.4 Å². The van der Waals surface area contributed by atoms with Gasteiger partial charge in [-0.2, -0.15) is 0 Å². The van der Waals surface area contributed by atoms with Gasteiger partial charge in [-0.1, -0.05) is 6.07 Å². The summed E-state index contributed by atoms with van der Waals surface area (Å²) in [6.07, 6.45) is 0.0436. The van der Waals surface area contributed by atoms with Gasteiger partial charge in [0.1, 0.15) is 17.9 Å². The Morgan fingerprint density at radius 2 is 2.05 bits per heavy atom. The smallest absolute Gasteiger partial charge is 0.410 e. The van der Waals surface area contributed by atoms with E-state index in [0.29, 0.717) is 18.5 Å². The predicted octanol–water partition coefficient (Wildman–Crippen LogP) is 2.90. The third kappa shape index (κ3) is 4.65. The maximum atomic E-state index is 12.1. The molecule has 0 aliphatic heterocycles. The van der Waals surface area contributed by atoms with E-state index >= 15 is 0 Å². The molecule has 1 atom stereocenters. The molecule has 1 aromatic carbocycles. The Morgan fingerprint density at radius 3 is 2.55 bits per heavy atom. The van der Waals surface area contributed by atoms with Crippen LogP contribution in [-0.2, 0) is 9.53 Å². The molecular formula is C16H23NO5. The van der Waals surface area contributed by atoms with Crippen LogP contribution in [-0.4, -0.2) is 41.6 Å². The molecule has 1 amide bonds. The minimum absolute atomic E-state index is 0.0184. The number of hydrogen-bond acceptors (Lipinski definition) is 5. The molecule has 1 N–H and O–H groups in total. The van der Waals surface area contributed by atoms with Crippen LogP contribution in [0.3, 0.4) is 0 Å². The van der Waals surface area contributed by atoms with Crippen LogP contribution in [0.1, 0.15) is 39.3 Å². The van der Waals surface area contributed by atoms with Gasteiger partial charge in [-0.15, -0.1) is 0 Å². The Kier molecular flexibility index (Phi) is 5.79. The maximum absolute atomic E-state index is 12.1. The highest BCUT2D eigenvalue weighted by Gasteiger charge is 2.26. The fourth-order valence-electron chi connectivity index (χ4n) is 1.83. The van der Waals surface area contributed by atoms with Crippen LogP contribution in [0.25, 0.3) is 0 Å². The first-order valence-corrected chi connectivity index (χ1v) is 7.06. The first-order chi connectivity index (χ1) is 10.2. The van der Waals surface area contributed by atoms with Crippen LogP contribution in [0.4, 0.5) is 4.79 Å². The average molecular weight is 309 g/mol. The van der Waals surface area contributed by atoms with Gasteiger partial charge >= 0.3 is 6.09 Å². The monoisotopic (exact) mass is 309 g/mol. The molecule has 0 radical (unpaired) electrons. The molecule has 1 rings (SSSR count). The third-order valence-corrected chi connectivity index (χ3v) is 2.85. The number of phenols is 1. The summed E-state index contributed by atoms with van der Waals surface area (Å²) in [6.45, 7) is 7.42. The lowest BCUT2D eigenvalue weighted by Crippen LogP contribution is -2.37. The summed E-state index contributed by atoms with van der Waals surface area (Å²) in [4.78, 5) is 24.7. The summed E-state index contributed by atoms with van der Waals surface area (Å²) in [5.41, 5.74) is -0.117. The van der Waals surface area contributed by atoms with Crippen molar-refractivity contribution in [1.82, 2.24) is 4.90 Å². The largest absolute Gasteiger partial charge is 0.504 e. The van der Waals surface area contributed by atoms with E-state index in [0.717, 1.165) is 0 Å². The minimum atomic E-state index is -0.824. The normalized spacial score (nSPS) is 12.4. The molecule has 6 nitrogen and oxygen atoms in total. The second kappa shape index (κ2) is 7.15. The van der Waals surface area contributed by atoms with E-state index in [1.54, 1.807) is 39.8 Å². The summed E-state index contributed by atoms with van der Waals surface area (Å²) >= 11 is 0. The van der Waals surface area contributed by atoms with Crippen LogP contribution in [0.5, 0.6) is 11.5 Å². The first-order valence-electron chi connectivity index (χ1n) is 7.06. The number of nitrogens with zero attached hydrogens (tertiary/aromatic N) is 1. The summed E-state index contributed by atoms with van der Waals surface area (Å²) in [6, 6.07) is 3.71. The minimum Gasteiger partial charge on any atom is -0.504 e. The van der Waals surface area contributed by atoms with Gasteiger partial charge in [-0.05, 0) is 45.4 Å². The van der Waals surface area contributed by atoms with Crippen molar-refractivity contribution in [2.24, 2.45) is 0 Å². The highest BCUT2D eigenvalue weighted by atomic mass is 16.6. The Hall–Kier alpha value is -2.24.